The molecular formula is C15H13ClN2O2. The molecule has 0 aliphatic carbocycles. The van der Waals surface area contributed by atoms with Crippen molar-refractivity contribution in [2.75, 3.05) is 11.5 Å². The van der Waals surface area contributed by atoms with Crippen LogP contribution in [-0.4, -0.2) is 23.5 Å². The SMILES string of the molecule is C[C@H]1COc2ccccc2N1C(=O)c1ccc(Cl)nc1. The number of pyridine rings is 1. The van der Waals surface area contributed by atoms with E-state index in [1.54, 1.807) is 17.0 Å². The number of hydrogen-bond acceptors (Lipinski definition) is 3. The van der Waals surface area contributed by atoms with Crippen LogP contribution in [0.5, 0.6) is 5.75 Å². The smallest absolute Gasteiger partial charge is 0.260 e. The van der Waals surface area contributed by atoms with E-state index in [1.807, 2.05) is 31.2 Å². The Morgan fingerprint density at radius 3 is 2.90 bits per heavy atom. The molecule has 20 heavy (non-hydrogen) atoms. The fourth-order valence-corrected chi connectivity index (χ4v) is 2.36. The highest BCUT2D eigenvalue weighted by Crippen LogP contribution is 2.34. The molecule has 0 N–H and O–H groups in total. The Balaban J connectivity index is 2.00. The molecule has 2 aromatic rings. The fraction of sp³-hybridized carbons (Fsp3) is 0.200. The molecular weight excluding hydrogens is 276 g/mol. The highest BCUT2D eigenvalue weighted by Gasteiger charge is 2.30. The molecule has 1 aromatic carbocycles. The minimum Gasteiger partial charge on any atom is -0.489 e. The van der Waals surface area contributed by atoms with E-state index >= 15 is 0 Å². The number of carbonyl (C=O) groups excluding carboxylic acids is 1. The molecule has 5 heteroatoms. The summed E-state index contributed by atoms with van der Waals surface area (Å²) in [6, 6.07) is 10.8. The van der Waals surface area contributed by atoms with Gasteiger partial charge >= 0.3 is 0 Å². The molecule has 1 aromatic heterocycles. The lowest BCUT2D eigenvalue weighted by atomic mass is 10.1. The molecule has 0 radical (unpaired) electrons. The van der Waals surface area contributed by atoms with Crippen LogP contribution in [0.15, 0.2) is 42.6 Å². The van der Waals surface area contributed by atoms with Gasteiger partial charge in [-0.05, 0) is 31.2 Å². The quantitative estimate of drug-likeness (QED) is 0.757. The first-order chi connectivity index (χ1) is 9.66. The van der Waals surface area contributed by atoms with E-state index in [9.17, 15) is 4.79 Å². The summed E-state index contributed by atoms with van der Waals surface area (Å²) in [4.78, 5) is 18.4. The predicted molar refractivity (Wildman–Crippen MR) is 77.5 cm³/mol. The second kappa shape index (κ2) is 5.13. The number of aromatic nitrogens is 1. The topological polar surface area (TPSA) is 42.4 Å². The van der Waals surface area contributed by atoms with Crippen molar-refractivity contribution in [2.24, 2.45) is 0 Å². The van der Waals surface area contributed by atoms with Crippen molar-refractivity contribution in [3.8, 4) is 5.75 Å². The number of amides is 1. The molecule has 0 fully saturated rings. The van der Waals surface area contributed by atoms with Crippen molar-refractivity contribution in [2.45, 2.75) is 13.0 Å². The summed E-state index contributed by atoms with van der Waals surface area (Å²) in [5.41, 5.74) is 1.30. The Hall–Kier alpha value is -2.07. The highest BCUT2D eigenvalue weighted by atomic mass is 35.5. The van der Waals surface area contributed by atoms with Gasteiger partial charge in [0.05, 0.1) is 17.3 Å². The van der Waals surface area contributed by atoms with Crippen molar-refractivity contribution in [3.63, 3.8) is 0 Å². The molecule has 1 aliphatic heterocycles. The van der Waals surface area contributed by atoms with Gasteiger partial charge in [0.1, 0.15) is 17.5 Å². The van der Waals surface area contributed by atoms with Gasteiger partial charge in [0, 0.05) is 6.20 Å². The van der Waals surface area contributed by atoms with Crippen molar-refractivity contribution >= 4 is 23.2 Å². The zero-order valence-electron chi connectivity index (χ0n) is 10.9. The Bertz CT molecular complexity index is 643. The molecule has 102 valence electrons. The Morgan fingerprint density at radius 2 is 2.15 bits per heavy atom. The van der Waals surface area contributed by atoms with Crippen LogP contribution >= 0.6 is 11.6 Å². The Labute approximate surface area is 122 Å². The number of ether oxygens (including phenoxy) is 1. The average Bonchev–Trinajstić information content (AvgIpc) is 2.47. The second-order valence-electron chi connectivity index (χ2n) is 4.67. The van der Waals surface area contributed by atoms with Gasteiger partial charge in [0.15, 0.2) is 0 Å². The first-order valence-corrected chi connectivity index (χ1v) is 6.71. The normalized spacial score (nSPS) is 17.3. The molecule has 0 saturated heterocycles. The summed E-state index contributed by atoms with van der Waals surface area (Å²) in [6.07, 6.45) is 1.50. The van der Waals surface area contributed by atoms with E-state index in [0.29, 0.717) is 17.3 Å². The zero-order valence-corrected chi connectivity index (χ0v) is 11.7. The number of halogens is 1. The third-order valence-corrected chi connectivity index (χ3v) is 3.46. The molecule has 1 atom stereocenters. The van der Waals surface area contributed by atoms with Crippen molar-refractivity contribution in [1.82, 2.24) is 4.98 Å². The van der Waals surface area contributed by atoms with Gasteiger partial charge < -0.3 is 4.74 Å². The van der Waals surface area contributed by atoms with Crippen LogP contribution in [0, 0.1) is 0 Å². The maximum Gasteiger partial charge on any atom is 0.260 e. The number of benzene rings is 1. The summed E-state index contributed by atoms with van der Waals surface area (Å²) in [5, 5.41) is 0.372. The third-order valence-electron chi connectivity index (χ3n) is 3.24. The van der Waals surface area contributed by atoms with Crippen molar-refractivity contribution in [3.05, 3.63) is 53.3 Å². The van der Waals surface area contributed by atoms with Crippen molar-refractivity contribution in [1.29, 1.82) is 0 Å². The predicted octanol–water partition coefficient (Wildman–Crippen LogP) is 3.16. The number of anilines is 1. The van der Waals surface area contributed by atoms with Crippen molar-refractivity contribution < 1.29 is 9.53 Å². The van der Waals surface area contributed by atoms with Gasteiger partial charge in [-0.25, -0.2) is 4.98 Å². The molecule has 0 bridgehead atoms. The first kappa shape index (κ1) is 12.9. The van der Waals surface area contributed by atoms with E-state index in [0.717, 1.165) is 11.4 Å². The number of carbonyl (C=O) groups is 1. The van der Waals surface area contributed by atoms with Gasteiger partial charge in [0.2, 0.25) is 0 Å². The monoisotopic (exact) mass is 288 g/mol. The summed E-state index contributed by atoms with van der Waals surface area (Å²) in [5.74, 6) is 0.623. The first-order valence-electron chi connectivity index (χ1n) is 6.34. The van der Waals surface area contributed by atoms with Crippen LogP contribution < -0.4 is 9.64 Å². The number of fused-ring (bicyclic) bond motifs is 1. The maximum absolute atomic E-state index is 12.7. The van der Waals surface area contributed by atoms with Crippen LogP contribution in [0.4, 0.5) is 5.69 Å². The van der Waals surface area contributed by atoms with Gasteiger partial charge in [-0.1, -0.05) is 23.7 Å². The van der Waals surface area contributed by atoms with E-state index in [2.05, 4.69) is 4.98 Å². The maximum atomic E-state index is 12.7. The zero-order chi connectivity index (χ0) is 14.1. The van der Waals surface area contributed by atoms with Crippen LogP contribution in [0.25, 0.3) is 0 Å². The molecule has 4 nitrogen and oxygen atoms in total. The number of hydrogen-bond donors (Lipinski definition) is 0. The molecule has 0 saturated carbocycles. The van der Waals surface area contributed by atoms with Crippen LogP contribution in [0.2, 0.25) is 5.15 Å². The number of rotatable bonds is 1. The Kier molecular flexibility index (Phi) is 3.32. The lowest BCUT2D eigenvalue weighted by molar-refractivity contribution is 0.0960. The highest BCUT2D eigenvalue weighted by molar-refractivity contribution is 6.29. The van der Waals surface area contributed by atoms with Crippen LogP contribution in [0.3, 0.4) is 0 Å². The molecule has 1 amide bonds. The fourth-order valence-electron chi connectivity index (χ4n) is 2.25. The largest absolute Gasteiger partial charge is 0.489 e. The minimum absolute atomic E-state index is 0.0342. The molecule has 0 unspecified atom stereocenters. The van der Waals surface area contributed by atoms with E-state index in [-0.39, 0.29) is 11.9 Å². The summed E-state index contributed by atoms with van der Waals surface area (Å²) >= 11 is 5.76. The van der Waals surface area contributed by atoms with E-state index < -0.39 is 0 Å². The second-order valence-corrected chi connectivity index (χ2v) is 5.06. The third kappa shape index (κ3) is 2.23. The van der Waals surface area contributed by atoms with Crippen LogP contribution in [0.1, 0.15) is 17.3 Å². The van der Waals surface area contributed by atoms with E-state index in [1.165, 1.54) is 6.20 Å². The molecule has 2 heterocycles. The van der Waals surface area contributed by atoms with Gasteiger partial charge in [-0.3, -0.25) is 9.69 Å². The van der Waals surface area contributed by atoms with Gasteiger partial charge in [0.25, 0.3) is 5.91 Å². The lowest BCUT2D eigenvalue weighted by Gasteiger charge is -2.35. The Morgan fingerprint density at radius 1 is 1.35 bits per heavy atom. The molecule has 0 spiro atoms. The van der Waals surface area contributed by atoms with E-state index in [4.69, 9.17) is 16.3 Å². The minimum atomic E-state index is -0.0996. The summed E-state index contributed by atoms with van der Waals surface area (Å²) in [6.45, 7) is 2.43. The number of para-hydroxylation sites is 2. The van der Waals surface area contributed by atoms with Gasteiger partial charge in [-0.2, -0.15) is 0 Å². The number of nitrogens with zero attached hydrogens (tertiary/aromatic N) is 2. The lowest BCUT2D eigenvalue weighted by Crippen LogP contribution is -2.45. The molecule has 1 aliphatic rings. The standard InChI is InChI=1S/C15H13ClN2O2/c1-10-9-20-13-5-3-2-4-12(13)18(10)15(19)11-6-7-14(16)17-8-11/h2-8,10H,9H2,1H3/t10-/m0/s1. The average molecular weight is 289 g/mol. The summed E-state index contributed by atoms with van der Waals surface area (Å²) < 4.78 is 5.64. The molecule has 3 rings (SSSR count). The van der Waals surface area contributed by atoms with Crippen LogP contribution in [-0.2, 0) is 0 Å². The van der Waals surface area contributed by atoms with Gasteiger partial charge in [-0.15, -0.1) is 0 Å². The summed E-state index contributed by atoms with van der Waals surface area (Å²) in [7, 11) is 0.